The van der Waals surface area contributed by atoms with E-state index in [0.29, 0.717) is 18.1 Å². The molecule has 1 heterocycles. The summed E-state index contributed by atoms with van der Waals surface area (Å²) >= 11 is 3.35. The Morgan fingerprint density at radius 1 is 1.39 bits per heavy atom. The minimum absolute atomic E-state index is 0.231. The van der Waals surface area contributed by atoms with Crippen LogP contribution in [0.4, 0.5) is 0 Å². The number of esters is 1. The Kier molecular flexibility index (Phi) is 5.20. The number of hydrogen-bond acceptors (Lipinski definition) is 3. The number of benzene rings is 1. The highest BCUT2D eigenvalue weighted by molar-refractivity contribution is 9.10. The summed E-state index contributed by atoms with van der Waals surface area (Å²) in [5.74, 6) is 0.465. The summed E-state index contributed by atoms with van der Waals surface area (Å²) in [7, 11) is 0. The van der Waals surface area contributed by atoms with Gasteiger partial charge < -0.3 is 10.1 Å². The smallest absolute Gasteiger partial charge is 0.338 e. The van der Waals surface area contributed by atoms with Crippen LogP contribution in [0.3, 0.4) is 0 Å². The maximum Gasteiger partial charge on any atom is 0.338 e. The molecule has 0 radical (unpaired) electrons. The predicted octanol–water partition coefficient (Wildman–Crippen LogP) is 3.00. The lowest BCUT2D eigenvalue weighted by Crippen LogP contribution is -2.28. The Balaban J connectivity index is 1.74. The third-order valence-corrected chi connectivity index (χ3v) is 3.77. The number of halogens is 1. The highest BCUT2D eigenvalue weighted by Gasteiger charge is 2.14. The van der Waals surface area contributed by atoms with E-state index in [9.17, 15) is 4.79 Å². The van der Waals surface area contributed by atoms with Crippen LogP contribution in [-0.4, -0.2) is 25.7 Å². The normalized spacial score (nSPS) is 16.5. The van der Waals surface area contributed by atoms with E-state index in [4.69, 9.17) is 4.74 Å². The molecule has 98 valence electrons. The van der Waals surface area contributed by atoms with Crippen LogP contribution in [-0.2, 0) is 4.74 Å². The zero-order valence-corrected chi connectivity index (χ0v) is 11.9. The van der Waals surface area contributed by atoms with Gasteiger partial charge in [-0.3, -0.25) is 0 Å². The van der Waals surface area contributed by atoms with Crippen LogP contribution in [0.25, 0.3) is 0 Å². The standard InChI is InChI=1S/C14H18BrNO2/c15-13-3-1-2-12(10-13)14(17)18-9-6-11-4-7-16-8-5-11/h1-3,10-11,16H,4-9H2. The summed E-state index contributed by atoms with van der Waals surface area (Å²) in [5, 5.41) is 3.33. The maximum absolute atomic E-state index is 11.8. The zero-order chi connectivity index (χ0) is 12.8. The van der Waals surface area contributed by atoms with Crippen LogP contribution in [0.1, 0.15) is 29.6 Å². The van der Waals surface area contributed by atoms with Gasteiger partial charge in [0.05, 0.1) is 12.2 Å². The fourth-order valence-electron chi connectivity index (χ4n) is 2.19. The minimum Gasteiger partial charge on any atom is -0.462 e. The average Bonchev–Trinajstić information content (AvgIpc) is 2.40. The number of carbonyl (C=O) groups is 1. The van der Waals surface area contributed by atoms with Gasteiger partial charge in [-0.1, -0.05) is 22.0 Å². The molecular formula is C14H18BrNO2. The van der Waals surface area contributed by atoms with Crippen LogP contribution in [0.15, 0.2) is 28.7 Å². The second-order valence-corrected chi connectivity index (χ2v) is 5.54. The second-order valence-electron chi connectivity index (χ2n) is 4.63. The van der Waals surface area contributed by atoms with Gasteiger partial charge in [0.2, 0.25) is 0 Å². The van der Waals surface area contributed by atoms with Gasteiger partial charge in [-0.2, -0.15) is 0 Å². The van der Waals surface area contributed by atoms with Crippen molar-refractivity contribution >= 4 is 21.9 Å². The Labute approximate surface area is 116 Å². The Morgan fingerprint density at radius 3 is 2.89 bits per heavy atom. The van der Waals surface area contributed by atoms with E-state index < -0.39 is 0 Å². The van der Waals surface area contributed by atoms with Gasteiger partial charge in [-0.05, 0) is 56.5 Å². The van der Waals surface area contributed by atoms with Crippen molar-refractivity contribution in [2.75, 3.05) is 19.7 Å². The Bertz CT molecular complexity index is 403. The second kappa shape index (κ2) is 6.90. The van der Waals surface area contributed by atoms with Crippen molar-refractivity contribution in [1.29, 1.82) is 0 Å². The third kappa shape index (κ3) is 4.10. The summed E-state index contributed by atoms with van der Waals surface area (Å²) in [6, 6.07) is 7.30. The summed E-state index contributed by atoms with van der Waals surface area (Å²) in [6.45, 7) is 2.70. The van der Waals surface area contributed by atoms with E-state index in [1.807, 2.05) is 12.1 Å². The van der Waals surface area contributed by atoms with Crippen molar-refractivity contribution in [2.24, 2.45) is 5.92 Å². The van der Waals surface area contributed by atoms with E-state index in [-0.39, 0.29) is 5.97 Å². The fourth-order valence-corrected chi connectivity index (χ4v) is 2.59. The van der Waals surface area contributed by atoms with Crippen LogP contribution in [0.5, 0.6) is 0 Å². The zero-order valence-electron chi connectivity index (χ0n) is 10.3. The van der Waals surface area contributed by atoms with Gasteiger partial charge in [0.15, 0.2) is 0 Å². The topological polar surface area (TPSA) is 38.3 Å². The van der Waals surface area contributed by atoms with E-state index >= 15 is 0 Å². The van der Waals surface area contributed by atoms with Gasteiger partial charge in [-0.25, -0.2) is 4.79 Å². The van der Waals surface area contributed by atoms with E-state index in [2.05, 4.69) is 21.2 Å². The molecule has 18 heavy (non-hydrogen) atoms. The lowest BCUT2D eigenvalue weighted by molar-refractivity contribution is 0.0476. The molecule has 1 saturated heterocycles. The van der Waals surface area contributed by atoms with Crippen LogP contribution < -0.4 is 5.32 Å². The lowest BCUT2D eigenvalue weighted by Gasteiger charge is -2.22. The molecule has 0 saturated carbocycles. The van der Waals surface area contributed by atoms with Gasteiger partial charge in [0, 0.05) is 4.47 Å². The molecule has 3 nitrogen and oxygen atoms in total. The van der Waals surface area contributed by atoms with Crippen molar-refractivity contribution in [3.8, 4) is 0 Å². The molecule has 0 aliphatic carbocycles. The fraction of sp³-hybridized carbons (Fsp3) is 0.500. The van der Waals surface area contributed by atoms with Crippen molar-refractivity contribution < 1.29 is 9.53 Å². The first-order valence-corrected chi connectivity index (χ1v) is 7.18. The Morgan fingerprint density at radius 2 is 2.17 bits per heavy atom. The van der Waals surface area contributed by atoms with Crippen molar-refractivity contribution in [3.05, 3.63) is 34.3 Å². The molecule has 0 aromatic heterocycles. The monoisotopic (exact) mass is 311 g/mol. The number of hydrogen-bond donors (Lipinski definition) is 1. The number of rotatable bonds is 4. The number of piperidine rings is 1. The SMILES string of the molecule is O=C(OCCC1CCNCC1)c1cccc(Br)c1. The molecular weight excluding hydrogens is 294 g/mol. The molecule has 1 aliphatic heterocycles. The molecule has 1 aromatic rings. The van der Waals surface area contributed by atoms with Crippen molar-refractivity contribution in [3.63, 3.8) is 0 Å². The predicted molar refractivity (Wildman–Crippen MR) is 74.6 cm³/mol. The summed E-state index contributed by atoms with van der Waals surface area (Å²) in [4.78, 5) is 11.8. The molecule has 0 unspecified atom stereocenters. The number of nitrogens with one attached hydrogen (secondary N) is 1. The number of carbonyl (C=O) groups excluding carboxylic acids is 1. The summed E-state index contributed by atoms with van der Waals surface area (Å²) in [6.07, 6.45) is 3.35. The summed E-state index contributed by atoms with van der Waals surface area (Å²) < 4.78 is 6.20. The Hall–Kier alpha value is -0.870. The third-order valence-electron chi connectivity index (χ3n) is 3.28. The van der Waals surface area contributed by atoms with E-state index in [0.717, 1.165) is 24.0 Å². The molecule has 0 atom stereocenters. The molecule has 0 spiro atoms. The van der Waals surface area contributed by atoms with E-state index in [1.54, 1.807) is 12.1 Å². The van der Waals surface area contributed by atoms with Gasteiger partial charge in [-0.15, -0.1) is 0 Å². The molecule has 4 heteroatoms. The van der Waals surface area contributed by atoms with Gasteiger partial charge in [0.1, 0.15) is 0 Å². The highest BCUT2D eigenvalue weighted by atomic mass is 79.9. The molecule has 1 aromatic carbocycles. The van der Waals surface area contributed by atoms with Crippen molar-refractivity contribution in [2.45, 2.75) is 19.3 Å². The van der Waals surface area contributed by atoms with Crippen LogP contribution in [0.2, 0.25) is 0 Å². The van der Waals surface area contributed by atoms with Gasteiger partial charge in [0.25, 0.3) is 0 Å². The lowest BCUT2D eigenvalue weighted by atomic mass is 9.95. The quantitative estimate of drug-likeness (QED) is 0.869. The first-order chi connectivity index (χ1) is 8.75. The van der Waals surface area contributed by atoms with Crippen molar-refractivity contribution in [1.82, 2.24) is 5.32 Å². The first-order valence-electron chi connectivity index (χ1n) is 6.39. The van der Waals surface area contributed by atoms with Gasteiger partial charge >= 0.3 is 5.97 Å². The molecule has 2 rings (SSSR count). The molecule has 1 N–H and O–H groups in total. The minimum atomic E-state index is -0.231. The van der Waals surface area contributed by atoms with Crippen LogP contribution in [0, 0.1) is 5.92 Å². The largest absolute Gasteiger partial charge is 0.462 e. The average molecular weight is 312 g/mol. The van der Waals surface area contributed by atoms with E-state index in [1.165, 1.54) is 12.8 Å². The summed E-state index contributed by atoms with van der Waals surface area (Å²) in [5.41, 5.74) is 0.606. The molecule has 1 fully saturated rings. The highest BCUT2D eigenvalue weighted by Crippen LogP contribution is 2.17. The maximum atomic E-state index is 11.8. The van der Waals surface area contributed by atoms with Crippen LogP contribution >= 0.6 is 15.9 Å². The molecule has 0 bridgehead atoms. The molecule has 1 aliphatic rings. The first kappa shape index (κ1) is 13.6. The number of ether oxygens (including phenoxy) is 1. The molecule has 0 amide bonds.